The van der Waals surface area contributed by atoms with Gasteiger partial charge in [-0.25, -0.2) is 13.1 Å². The minimum atomic E-state index is -3.19. The molecule has 0 unspecified atom stereocenters. The molecule has 1 aromatic rings. The number of fused-ring (bicyclic) bond motifs is 1. The highest BCUT2D eigenvalue weighted by molar-refractivity contribution is 7.88. The van der Waals surface area contributed by atoms with Gasteiger partial charge in [0, 0.05) is 19.6 Å². The molecule has 0 saturated carbocycles. The Morgan fingerprint density at radius 2 is 2.04 bits per heavy atom. The van der Waals surface area contributed by atoms with Gasteiger partial charge in [0.2, 0.25) is 10.0 Å². The smallest absolute Gasteiger partial charge is 0.209 e. The van der Waals surface area contributed by atoms with Gasteiger partial charge in [-0.2, -0.15) is 5.10 Å². The van der Waals surface area contributed by atoms with Crippen LogP contribution in [-0.4, -0.2) is 42.4 Å². The molecule has 1 aromatic heterocycles. The molecule has 1 aliphatic heterocycles. The number of sulfonamides is 1. The molecule has 2 heterocycles. The van der Waals surface area contributed by atoms with Crippen molar-refractivity contribution in [1.29, 1.82) is 0 Å². The second kappa shape index (κ2) is 8.78. The van der Waals surface area contributed by atoms with E-state index in [1.54, 1.807) is 0 Å². The zero-order chi connectivity index (χ0) is 18.4. The summed E-state index contributed by atoms with van der Waals surface area (Å²) < 4.78 is 26.9. The van der Waals surface area contributed by atoms with E-state index in [9.17, 15) is 8.42 Å². The first kappa shape index (κ1) is 19.9. The van der Waals surface area contributed by atoms with Crippen LogP contribution in [0.2, 0.25) is 0 Å². The molecular formula is C18H30N4O2S. The molecule has 7 heteroatoms. The molecule has 0 fully saturated rings. The lowest BCUT2D eigenvalue weighted by molar-refractivity contribution is 0.234. The highest BCUT2D eigenvalue weighted by Gasteiger charge is 2.18. The summed E-state index contributed by atoms with van der Waals surface area (Å²) >= 11 is 0. The van der Waals surface area contributed by atoms with Crippen LogP contribution >= 0.6 is 0 Å². The van der Waals surface area contributed by atoms with Crippen LogP contribution in [0, 0.1) is 0 Å². The zero-order valence-electron chi connectivity index (χ0n) is 15.7. The van der Waals surface area contributed by atoms with Crippen LogP contribution in [0.4, 0.5) is 0 Å². The Balaban J connectivity index is 1.86. The van der Waals surface area contributed by atoms with Gasteiger partial charge in [0.05, 0.1) is 30.7 Å². The van der Waals surface area contributed by atoms with Crippen LogP contribution in [0.3, 0.4) is 0 Å². The topological polar surface area (TPSA) is 67.2 Å². The molecular weight excluding hydrogens is 336 g/mol. The fourth-order valence-corrected chi connectivity index (χ4v) is 3.21. The zero-order valence-corrected chi connectivity index (χ0v) is 16.6. The van der Waals surface area contributed by atoms with Crippen molar-refractivity contribution in [3.05, 3.63) is 40.8 Å². The largest absolute Gasteiger partial charge is 0.292 e. The van der Waals surface area contributed by atoms with E-state index in [1.165, 1.54) is 11.1 Å². The maximum absolute atomic E-state index is 11.2. The summed E-state index contributed by atoms with van der Waals surface area (Å²) in [5, 5.41) is 4.48. The van der Waals surface area contributed by atoms with Crippen molar-refractivity contribution in [2.45, 2.75) is 53.2 Å². The maximum atomic E-state index is 11.2. The number of rotatable bonds is 8. The van der Waals surface area contributed by atoms with Crippen molar-refractivity contribution in [3.8, 4) is 0 Å². The third-order valence-electron chi connectivity index (χ3n) is 4.23. The van der Waals surface area contributed by atoms with E-state index in [0.29, 0.717) is 0 Å². The number of nitrogens with one attached hydrogen (secondary N) is 1. The third-order valence-corrected chi connectivity index (χ3v) is 4.90. The molecule has 0 aliphatic carbocycles. The quantitative estimate of drug-likeness (QED) is 0.718. The van der Waals surface area contributed by atoms with Crippen molar-refractivity contribution in [2.75, 3.05) is 19.3 Å². The summed E-state index contributed by atoms with van der Waals surface area (Å²) in [6.07, 6.45) is 7.98. The van der Waals surface area contributed by atoms with Crippen LogP contribution in [0.5, 0.6) is 0 Å². The monoisotopic (exact) mass is 366 g/mol. The van der Waals surface area contributed by atoms with Crippen LogP contribution in [0.25, 0.3) is 0 Å². The number of hydrogen-bond donors (Lipinski definition) is 1. The van der Waals surface area contributed by atoms with Gasteiger partial charge < -0.3 is 0 Å². The number of allylic oxidation sites excluding steroid dienone is 3. The minimum Gasteiger partial charge on any atom is -0.292 e. The molecule has 0 radical (unpaired) electrons. The van der Waals surface area contributed by atoms with Crippen LogP contribution in [0.15, 0.2) is 29.4 Å². The number of hydrogen-bond acceptors (Lipinski definition) is 4. The highest BCUT2D eigenvalue weighted by Crippen LogP contribution is 2.15. The Hall–Kier alpha value is -1.44. The van der Waals surface area contributed by atoms with Crippen LogP contribution in [0.1, 0.15) is 45.0 Å². The predicted octanol–water partition coefficient (Wildman–Crippen LogP) is 2.44. The molecule has 0 saturated heterocycles. The maximum Gasteiger partial charge on any atom is 0.209 e. The molecule has 0 atom stereocenters. The molecule has 2 rings (SSSR count). The Labute approximate surface area is 151 Å². The average Bonchev–Trinajstić information content (AvgIpc) is 2.92. The molecule has 1 aliphatic rings. The van der Waals surface area contributed by atoms with E-state index in [-0.39, 0.29) is 6.54 Å². The summed E-state index contributed by atoms with van der Waals surface area (Å²) in [6.45, 7) is 10.3. The molecule has 25 heavy (non-hydrogen) atoms. The first-order valence-corrected chi connectivity index (χ1v) is 10.6. The molecule has 140 valence electrons. The van der Waals surface area contributed by atoms with Gasteiger partial charge >= 0.3 is 0 Å². The van der Waals surface area contributed by atoms with Gasteiger partial charge in [-0.1, -0.05) is 23.3 Å². The summed E-state index contributed by atoms with van der Waals surface area (Å²) in [7, 11) is -3.19. The molecule has 0 aromatic carbocycles. The summed E-state index contributed by atoms with van der Waals surface area (Å²) in [5.41, 5.74) is 4.72. The predicted molar refractivity (Wildman–Crippen MR) is 102 cm³/mol. The van der Waals surface area contributed by atoms with Crippen LogP contribution in [-0.2, 0) is 29.7 Å². The van der Waals surface area contributed by atoms with E-state index in [2.05, 4.69) is 47.6 Å². The lowest BCUT2D eigenvalue weighted by Gasteiger charge is -2.26. The first-order valence-electron chi connectivity index (χ1n) is 8.74. The molecule has 0 spiro atoms. The van der Waals surface area contributed by atoms with E-state index >= 15 is 0 Å². The molecule has 0 amide bonds. The Bertz CT molecular complexity index is 743. The van der Waals surface area contributed by atoms with Crippen molar-refractivity contribution in [3.63, 3.8) is 0 Å². The van der Waals surface area contributed by atoms with Crippen molar-refractivity contribution in [2.24, 2.45) is 0 Å². The highest BCUT2D eigenvalue weighted by atomic mass is 32.2. The van der Waals surface area contributed by atoms with Gasteiger partial charge in [-0.15, -0.1) is 0 Å². The molecule has 6 nitrogen and oxygen atoms in total. The average molecular weight is 367 g/mol. The van der Waals surface area contributed by atoms with E-state index in [1.807, 2.05) is 10.7 Å². The number of nitrogens with zero attached hydrogens (tertiary/aromatic N) is 3. The van der Waals surface area contributed by atoms with Crippen molar-refractivity contribution >= 4 is 10.0 Å². The molecule has 0 bridgehead atoms. The van der Waals surface area contributed by atoms with Crippen molar-refractivity contribution in [1.82, 2.24) is 19.4 Å². The fourth-order valence-electron chi connectivity index (χ4n) is 2.80. The van der Waals surface area contributed by atoms with Gasteiger partial charge in [0.25, 0.3) is 0 Å². The lowest BCUT2D eigenvalue weighted by atomic mass is 10.1. The third kappa shape index (κ3) is 7.13. The lowest BCUT2D eigenvalue weighted by Crippen LogP contribution is -2.34. The van der Waals surface area contributed by atoms with Crippen LogP contribution < -0.4 is 4.72 Å². The Morgan fingerprint density at radius 1 is 1.28 bits per heavy atom. The van der Waals surface area contributed by atoms with Gasteiger partial charge in [0.15, 0.2) is 0 Å². The summed E-state index contributed by atoms with van der Waals surface area (Å²) in [5.74, 6) is 0. The number of aromatic nitrogens is 2. The van der Waals surface area contributed by atoms with E-state index in [4.69, 9.17) is 0 Å². The van der Waals surface area contributed by atoms with E-state index in [0.717, 1.165) is 56.7 Å². The normalized spacial score (nSPS) is 15.9. The Morgan fingerprint density at radius 3 is 2.72 bits per heavy atom. The second-order valence-electron chi connectivity index (χ2n) is 7.05. The Kier molecular flexibility index (Phi) is 6.98. The summed E-state index contributed by atoms with van der Waals surface area (Å²) in [4.78, 5) is 2.40. The standard InChI is InChI=1S/C18H30N4O2S/c1-15(2)6-5-7-16(3)8-9-21-10-11-22-18(14-21)12-17(20-22)13-19-25(4,23)24/h6,8,12,19H,5,7,9-11,13-14H2,1-4H3/b16-8+. The van der Waals surface area contributed by atoms with Gasteiger partial charge in [-0.05, 0) is 39.7 Å². The van der Waals surface area contributed by atoms with E-state index < -0.39 is 10.0 Å². The minimum absolute atomic E-state index is 0.252. The van der Waals surface area contributed by atoms with Gasteiger partial charge in [0.1, 0.15) is 0 Å². The van der Waals surface area contributed by atoms with Gasteiger partial charge in [-0.3, -0.25) is 9.58 Å². The van der Waals surface area contributed by atoms with Crippen molar-refractivity contribution < 1.29 is 8.42 Å². The second-order valence-corrected chi connectivity index (χ2v) is 8.88. The fraction of sp³-hybridized carbons (Fsp3) is 0.611. The SMILES string of the molecule is CC(C)=CCC/C(C)=C/CN1CCn2nc(CNS(C)(=O)=O)cc2C1. The first-order chi connectivity index (χ1) is 11.7. The molecule has 1 N–H and O–H groups in total. The summed E-state index contributed by atoms with van der Waals surface area (Å²) in [6, 6.07) is 2.00.